The molecule has 0 radical (unpaired) electrons. The molecule has 0 amide bonds. The standard InChI is InChI=1S/C15H22O2.C2H6/c1-9(2)14(16)17-15(3)8-10-7-13(15)12-6-4-5-11(10)12;1-2/h10-13H,1,4-8H2,2-3H3;1-2H3. The van der Waals surface area contributed by atoms with E-state index in [1.807, 2.05) is 13.8 Å². The molecule has 2 nitrogen and oxygen atoms in total. The Morgan fingerprint density at radius 1 is 1.26 bits per heavy atom. The fourth-order valence-corrected chi connectivity index (χ4v) is 4.80. The number of carbonyl (C=O) groups is 1. The fourth-order valence-electron chi connectivity index (χ4n) is 4.80. The molecular weight excluding hydrogens is 236 g/mol. The van der Waals surface area contributed by atoms with E-state index >= 15 is 0 Å². The van der Waals surface area contributed by atoms with Crippen LogP contribution in [0.3, 0.4) is 0 Å². The largest absolute Gasteiger partial charge is 0.456 e. The maximum atomic E-state index is 11.8. The minimum absolute atomic E-state index is 0.199. The highest BCUT2D eigenvalue weighted by atomic mass is 16.6. The van der Waals surface area contributed by atoms with Gasteiger partial charge < -0.3 is 4.74 Å². The molecule has 5 atom stereocenters. The van der Waals surface area contributed by atoms with Gasteiger partial charge in [0.1, 0.15) is 5.60 Å². The van der Waals surface area contributed by atoms with Crippen LogP contribution < -0.4 is 0 Å². The topological polar surface area (TPSA) is 26.3 Å². The van der Waals surface area contributed by atoms with Crippen LogP contribution in [0.1, 0.15) is 59.8 Å². The minimum Gasteiger partial charge on any atom is -0.456 e. The lowest BCUT2D eigenvalue weighted by atomic mass is 9.73. The van der Waals surface area contributed by atoms with Gasteiger partial charge in [-0.2, -0.15) is 0 Å². The first-order valence-electron chi connectivity index (χ1n) is 7.90. The molecule has 19 heavy (non-hydrogen) atoms. The molecule has 5 unspecified atom stereocenters. The molecule has 0 saturated heterocycles. The number of rotatable bonds is 2. The zero-order valence-corrected chi connectivity index (χ0v) is 12.9. The Bertz CT molecular complexity index is 373. The predicted molar refractivity (Wildman–Crippen MR) is 77.7 cm³/mol. The van der Waals surface area contributed by atoms with Crippen molar-refractivity contribution < 1.29 is 9.53 Å². The van der Waals surface area contributed by atoms with E-state index in [1.54, 1.807) is 6.92 Å². The van der Waals surface area contributed by atoms with Crippen molar-refractivity contribution in [2.75, 3.05) is 0 Å². The van der Waals surface area contributed by atoms with Gasteiger partial charge in [-0.1, -0.05) is 26.8 Å². The third-order valence-corrected chi connectivity index (χ3v) is 5.43. The first kappa shape index (κ1) is 14.6. The quantitative estimate of drug-likeness (QED) is 0.547. The van der Waals surface area contributed by atoms with E-state index in [-0.39, 0.29) is 11.6 Å². The van der Waals surface area contributed by atoms with Gasteiger partial charge in [-0.3, -0.25) is 0 Å². The van der Waals surface area contributed by atoms with E-state index in [9.17, 15) is 4.79 Å². The molecule has 0 heterocycles. The van der Waals surface area contributed by atoms with Crippen LogP contribution in [0, 0.1) is 23.7 Å². The van der Waals surface area contributed by atoms with Crippen molar-refractivity contribution in [1.82, 2.24) is 0 Å². The zero-order valence-electron chi connectivity index (χ0n) is 12.9. The van der Waals surface area contributed by atoms with Gasteiger partial charge in [0.2, 0.25) is 0 Å². The van der Waals surface area contributed by atoms with Crippen molar-refractivity contribution in [3.8, 4) is 0 Å². The monoisotopic (exact) mass is 264 g/mol. The van der Waals surface area contributed by atoms with E-state index in [4.69, 9.17) is 4.74 Å². The number of hydrogen-bond donors (Lipinski definition) is 0. The Kier molecular flexibility index (Phi) is 4.08. The second kappa shape index (κ2) is 5.30. The molecule has 3 aliphatic carbocycles. The van der Waals surface area contributed by atoms with Crippen molar-refractivity contribution in [3.63, 3.8) is 0 Å². The average Bonchev–Trinajstić information content (AvgIpc) is 3.01. The highest BCUT2D eigenvalue weighted by Gasteiger charge is 2.60. The Balaban J connectivity index is 0.000000637. The third-order valence-electron chi connectivity index (χ3n) is 5.43. The maximum absolute atomic E-state index is 11.8. The van der Waals surface area contributed by atoms with Gasteiger partial charge in [-0.25, -0.2) is 4.79 Å². The van der Waals surface area contributed by atoms with Gasteiger partial charge in [0, 0.05) is 11.5 Å². The van der Waals surface area contributed by atoms with Crippen LogP contribution in [-0.4, -0.2) is 11.6 Å². The molecule has 3 fully saturated rings. The number of carbonyl (C=O) groups excluding carboxylic acids is 1. The summed E-state index contributed by atoms with van der Waals surface area (Å²) in [5, 5.41) is 0. The molecule has 0 aromatic heterocycles. The van der Waals surface area contributed by atoms with E-state index in [0.29, 0.717) is 11.5 Å². The summed E-state index contributed by atoms with van der Waals surface area (Å²) in [6.45, 7) is 11.6. The van der Waals surface area contributed by atoms with Gasteiger partial charge in [-0.15, -0.1) is 0 Å². The van der Waals surface area contributed by atoms with Gasteiger partial charge in [0.25, 0.3) is 0 Å². The lowest BCUT2D eigenvalue weighted by Gasteiger charge is -2.39. The Morgan fingerprint density at radius 2 is 1.89 bits per heavy atom. The minimum atomic E-state index is -0.202. The molecule has 2 heteroatoms. The number of fused-ring (bicyclic) bond motifs is 5. The smallest absolute Gasteiger partial charge is 0.333 e. The van der Waals surface area contributed by atoms with E-state index in [0.717, 1.165) is 24.2 Å². The summed E-state index contributed by atoms with van der Waals surface area (Å²) in [4.78, 5) is 11.8. The third kappa shape index (κ3) is 2.34. The molecule has 2 bridgehead atoms. The molecule has 0 aromatic rings. The number of esters is 1. The molecular formula is C17H28O2. The summed E-state index contributed by atoms with van der Waals surface area (Å²) in [6, 6.07) is 0. The van der Waals surface area contributed by atoms with E-state index in [2.05, 4.69) is 13.5 Å². The van der Waals surface area contributed by atoms with E-state index < -0.39 is 0 Å². The first-order chi connectivity index (χ1) is 9.01. The summed E-state index contributed by atoms with van der Waals surface area (Å²) in [5.74, 6) is 3.00. The van der Waals surface area contributed by atoms with Gasteiger partial charge in [0.05, 0.1) is 0 Å². The molecule has 3 aliphatic rings. The van der Waals surface area contributed by atoms with Crippen LogP contribution in [0.5, 0.6) is 0 Å². The van der Waals surface area contributed by atoms with E-state index in [1.165, 1.54) is 25.7 Å². The molecule has 108 valence electrons. The fraction of sp³-hybridized carbons (Fsp3) is 0.824. The molecule has 0 aromatic carbocycles. The molecule has 0 N–H and O–H groups in total. The van der Waals surface area contributed by atoms with Gasteiger partial charge >= 0.3 is 5.97 Å². The molecule has 0 spiro atoms. The van der Waals surface area contributed by atoms with Gasteiger partial charge in [0.15, 0.2) is 0 Å². The average molecular weight is 264 g/mol. The maximum Gasteiger partial charge on any atom is 0.333 e. The SMILES string of the molecule is C=C(C)C(=O)OC1(C)CC2CC1C1CCCC21.CC. The highest BCUT2D eigenvalue weighted by Crippen LogP contribution is 2.63. The Labute approximate surface area is 117 Å². The Morgan fingerprint density at radius 3 is 2.53 bits per heavy atom. The summed E-state index contributed by atoms with van der Waals surface area (Å²) < 4.78 is 5.76. The summed E-state index contributed by atoms with van der Waals surface area (Å²) in [7, 11) is 0. The van der Waals surface area contributed by atoms with Crippen molar-refractivity contribution in [2.24, 2.45) is 23.7 Å². The van der Waals surface area contributed by atoms with Crippen molar-refractivity contribution in [3.05, 3.63) is 12.2 Å². The second-order valence-electron chi connectivity index (χ2n) is 6.55. The van der Waals surface area contributed by atoms with Crippen LogP contribution in [0.15, 0.2) is 12.2 Å². The second-order valence-corrected chi connectivity index (χ2v) is 6.55. The molecule has 3 saturated carbocycles. The Hall–Kier alpha value is -0.790. The van der Waals surface area contributed by atoms with Crippen molar-refractivity contribution in [1.29, 1.82) is 0 Å². The summed E-state index contributed by atoms with van der Waals surface area (Å²) in [6.07, 6.45) is 6.52. The predicted octanol–water partition coefficient (Wildman–Crippen LogP) is 4.35. The highest BCUT2D eigenvalue weighted by molar-refractivity contribution is 5.87. The normalized spacial score (nSPS) is 42.3. The van der Waals surface area contributed by atoms with Crippen LogP contribution >= 0.6 is 0 Å². The first-order valence-corrected chi connectivity index (χ1v) is 7.90. The number of ether oxygens (including phenoxy) is 1. The van der Waals surface area contributed by atoms with Crippen molar-refractivity contribution in [2.45, 2.75) is 65.4 Å². The van der Waals surface area contributed by atoms with Gasteiger partial charge in [-0.05, 0) is 57.3 Å². The van der Waals surface area contributed by atoms with Crippen LogP contribution in [0.25, 0.3) is 0 Å². The lowest BCUT2D eigenvalue weighted by molar-refractivity contribution is -0.161. The molecule has 0 aliphatic heterocycles. The van der Waals surface area contributed by atoms with Crippen molar-refractivity contribution >= 4 is 5.97 Å². The van der Waals surface area contributed by atoms with Crippen LogP contribution in [-0.2, 0) is 9.53 Å². The lowest BCUT2D eigenvalue weighted by Crippen LogP contribution is -2.42. The summed E-state index contributed by atoms with van der Waals surface area (Å²) in [5.41, 5.74) is 0.323. The number of hydrogen-bond acceptors (Lipinski definition) is 2. The zero-order chi connectivity index (χ0) is 14.2. The molecule has 3 rings (SSSR count). The summed E-state index contributed by atoms with van der Waals surface area (Å²) >= 11 is 0. The van der Waals surface area contributed by atoms with Crippen LogP contribution in [0.4, 0.5) is 0 Å². The van der Waals surface area contributed by atoms with Crippen LogP contribution in [0.2, 0.25) is 0 Å².